The van der Waals surface area contributed by atoms with Gasteiger partial charge in [-0.15, -0.1) is 0 Å². The van der Waals surface area contributed by atoms with E-state index in [0.717, 1.165) is 36.5 Å². The van der Waals surface area contributed by atoms with Crippen molar-refractivity contribution in [3.05, 3.63) is 18.6 Å². The lowest BCUT2D eigenvalue weighted by atomic mass is 10.2. The second-order valence-electron chi connectivity index (χ2n) is 8.19. The zero-order valence-corrected chi connectivity index (χ0v) is 15.2. The Morgan fingerprint density at radius 2 is 2.08 bits per heavy atom. The van der Waals surface area contributed by atoms with Crippen molar-refractivity contribution in [2.75, 3.05) is 31.6 Å². The van der Waals surface area contributed by atoms with Crippen LogP contribution in [0.25, 0.3) is 11.0 Å². The SMILES string of the molecule is CN(CC1C2CN(C(=O)OC(C)(C)C)C[C@H]21)c1ncnc2[nH]ccc12. The van der Waals surface area contributed by atoms with Crippen LogP contribution in [0.1, 0.15) is 20.8 Å². The quantitative estimate of drug-likeness (QED) is 0.927. The fourth-order valence-corrected chi connectivity index (χ4v) is 3.96. The highest BCUT2D eigenvalue weighted by atomic mass is 16.6. The van der Waals surface area contributed by atoms with Gasteiger partial charge in [-0.1, -0.05) is 0 Å². The summed E-state index contributed by atoms with van der Waals surface area (Å²) in [7, 11) is 2.08. The van der Waals surface area contributed by atoms with E-state index >= 15 is 0 Å². The number of aromatic amines is 1. The van der Waals surface area contributed by atoms with Crippen LogP contribution in [0.15, 0.2) is 18.6 Å². The molecule has 0 radical (unpaired) electrons. The molecule has 7 nitrogen and oxygen atoms in total. The van der Waals surface area contributed by atoms with Crippen molar-refractivity contribution in [1.29, 1.82) is 0 Å². The molecule has 4 rings (SSSR count). The molecular weight excluding hydrogens is 318 g/mol. The molecule has 25 heavy (non-hydrogen) atoms. The van der Waals surface area contributed by atoms with Crippen molar-refractivity contribution in [1.82, 2.24) is 19.9 Å². The van der Waals surface area contributed by atoms with Gasteiger partial charge in [0.1, 0.15) is 23.4 Å². The predicted octanol–water partition coefficient (Wildman–Crippen LogP) is 2.51. The van der Waals surface area contributed by atoms with Crippen molar-refractivity contribution >= 4 is 22.9 Å². The van der Waals surface area contributed by atoms with Crippen molar-refractivity contribution < 1.29 is 9.53 Å². The molecule has 3 atom stereocenters. The summed E-state index contributed by atoms with van der Waals surface area (Å²) in [4.78, 5) is 28.0. The molecule has 2 aromatic rings. The van der Waals surface area contributed by atoms with Gasteiger partial charge in [-0.3, -0.25) is 0 Å². The van der Waals surface area contributed by atoms with Crippen LogP contribution >= 0.6 is 0 Å². The minimum absolute atomic E-state index is 0.184. The summed E-state index contributed by atoms with van der Waals surface area (Å²) in [5.41, 5.74) is 0.433. The Hall–Kier alpha value is -2.31. The molecular formula is C18H25N5O2. The third-order valence-electron chi connectivity index (χ3n) is 5.20. The van der Waals surface area contributed by atoms with Crippen LogP contribution < -0.4 is 4.90 Å². The summed E-state index contributed by atoms with van der Waals surface area (Å²) in [6.45, 7) is 8.28. The highest BCUT2D eigenvalue weighted by Gasteiger charge is 2.57. The van der Waals surface area contributed by atoms with E-state index in [2.05, 4.69) is 26.9 Å². The van der Waals surface area contributed by atoms with Gasteiger partial charge in [-0.2, -0.15) is 0 Å². The number of H-pyrrole nitrogens is 1. The number of carbonyl (C=O) groups is 1. The topological polar surface area (TPSA) is 74.3 Å². The fourth-order valence-electron chi connectivity index (χ4n) is 3.96. The number of anilines is 1. The average molecular weight is 343 g/mol. The van der Waals surface area contributed by atoms with Gasteiger partial charge in [-0.05, 0) is 44.6 Å². The summed E-state index contributed by atoms with van der Waals surface area (Å²) in [5.74, 6) is 2.74. The van der Waals surface area contributed by atoms with E-state index in [1.807, 2.05) is 37.9 Å². The lowest BCUT2D eigenvalue weighted by Gasteiger charge is -2.26. The van der Waals surface area contributed by atoms with Crippen molar-refractivity contribution in [3.8, 4) is 0 Å². The number of amides is 1. The smallest absolute Gasteiger partial charge is 0.410 e. The summed E-state index contributed by atoms with van der Waals surface area (Å²) in [6.07, 6.45) is 3.31. The van der Waals surface area contributed by atoms with Gasteiger partial charge in [0, 0.05) is 32.9 Å². The van der Waals surface area contributed by atoms with Gasteiger partial charge in [0.2, 0.25) is 0 Å². The second kappa shape index (κ2) is 5.61. The molecule has 2 unspecified atom stereocenters. The van der Waals surface area contributed by atoms with Crippen LogP contribution in [0.3, 0.4) is 0 Å². The average Bonchev–Trinajstić information content (AvgIpc) is 2.97. The largest absolute Gasteiger partial charge is 0.444 e. The van der Waals surface area contributed by atoms with Gasteiger partial charge >= 0.3 is 6.09 Å². The molecule has 7 heteroatoms. The highest BCUT2D eigenvalue weighted by Crippen LogP contribution is 2.52. The second-order valence-corrected chi connectivity index (χ2v) is 8.19. The van der Waals surface area contributed by atoms with Gasteiger partial charge < -0.3 is 19.5 Å². The van der Waals surface area contributed by atoms with E-state index < -0.39 is 5.60 Å². The standard InChI is InChI=1S/C18H25N5O2/c1-18(2,3)25-17(24)23-8-13-12(14(13)9-23)7-22(4)16-11-5-6-19-15(11)20-10-21-16/h5-6,10,12-14H,7-9H2,1-4H3,(H,19,20,21)/t12?,13-,14?/m0/s1. The number of hydrogen-bond acceptors (Lipinski definition) is 5. The van der Waals surface area contributed by atoms with Crippen LogP contribution in [0.5, 0.6) is 0 Å². The number of nitrogens with zero attached hydrogens (tertiary/aromatic N) is 4. The number of nitrogens with one attached hydrogen (secondary N) is 1. The molecule has 3 heterocycles. The summed E-state index contributed by atoms with van der Waals surface area (Å²) in [6, 6.07) is 2.01. The first-order valence-corrected chi connectivity index (χ1v) is 8.80. The Bertz CT molecular complexity index is 784. The highest BCUT2D eigenvalue weighted by molar-refractivity contribution is 5.87. The Balaban J connectivity index is 1.35. The van der Waals surface area contributed by atoms with E-state index in [4.69, 9.17) is 4.74 Å². The molecule has 134 valence electrons. The van der Waals surface area contributed by atoms with Crippen molar-refractivity contribution in [2.45, 2.75) is 26.4 Å². The Morgan fingerprint density at radius 3 is 2.76 bits per heavy atom. The maximum Gasteiger partial charge on any atom is 0.410 e. The molecule has 2 fully saturated rings. The van der Waals surface area contributed by atoms with Crippen LogP contribution in [0, 0.1) is 17.8 Å². The molecule has 1 amide bonds. The minimum Gasteiger partial charge on any atom is -0.444 e. The molecule has 1 N–H and O–H groups in total. The number of aromatic nitrogens is 3. The number of fused-ring (bicyclic) bond motifs is 2. The first kappa shape index (κ1) is 16.2. The lowest BCUT2D eigenvalue weighted by Crippen LogP contribution is -2.37. The minimum atomic E-state index is -0.432. The van der Waals surface area contributed by atoms with Gasteiger partial charge in [0.15, 0.2) is 0 Å². The zero-order chi connectivity index (χ0) is 17.8. The Kier molecular flexibility index (Phi) is 3.63. The van der Waals surface area contributed by atoms with Crippen LogP contribution in [0.2, 0.25) is 0 Å². The Morgan fingerprint density at radius 1 is 1.36 bits per heavy atom. The first-order valence-electron chi connectivity index (χ1n) is 8.80. The number of carbonyl (C=O) groups excluding carboxylic acids is 1. The van der Waals surface area contributed by atoms with E-state index in [1.165, 1.54) is 0 Å². The van der Waals surface area contributed by atoms with Crippen LogP contribution in [0.4, 0.5) is 10.6 Å². The van der Waals surface area contributed by atoms with E-state index in [-0.39, 0.29) is 6.09 Å². The van der Waals surface area contributed by atoms with Crippen LogP contribution in [-0.2, 0) is 4.74 Å². The molecule has 1 saturated heterocycles. The fraction of sp³-hybridized carbons (Fsp3) is 0.611. The Labute approximate surface area is 147 Å². The molecule has 1 aliphatic carbocycles. The summed E-state index contributed by atoms with van der Waals surface area (Å²) in [5, 5.41) is 1.05. The van der Waals surface area contributed by atoms with Crippen LogP contribution in [-0.4, -0.2) is 58.2 Å². The molecule has 0 bridgehead atoms. The molecule has 1 aliphatic heterocycles. The number of likely N-dealkylation sites (tertiary alicyclic amines) is 1. The number of piperidine rings is 1. The normalized spacial score (nSPS) is 25.1. The van der Waals surface area contributed by atoms with Gasteiger partial charge in [0.25, 0.3) is 0 Å². The predicted molar refractivity (Wildman–Crippen MR) is 95.4 cm³/mol. The first-order chi connectivity index (χ1) is 11.8. The maximum atomic E-state index is 12.2. The molecule has 2 aliphatic rings. The van der Waals surface area contributed by atoms with E-state index in [1.54, 1.807) is 6.33 Å². The summed E-state index contributed by atoms with van der Waals surface area (Å²) >= 11 is 0. The number of rotatable bonds is 3. The summed E-state index contributed by atoms with van der Waals surface area (Å²) < 4.78 is 5.47. The van der Waals surface area contributed by atoms with Gasteiger partial charge in [-0.25, -0.2) is 14.8 Å². The third kappa shape index (κ3) is 3.03. The van der Waals surface area contributed by atoms with Crippen molar-refractivity contribution in [3.63, 3.8) is 0 Å². The molecule has 0 aromatic carbocycles. The third-order valence-corrected chi connectivity index (χ3v) is 5.20. The van der Waals surface area contributed by atoms with Crippen molar-refractivity contribution in [2.24, 2.45) is 17.8 Å². The monoisotopic (exact) mass is 343 g/mol. The van der Waals surface area contributed by atoms with E-state index in [9.17, 15) is 4.79 Å². The number of hydrogen-bond donors (Lipinski definition) is 1. The van der Waals surface area contributed by atoms with E-state index in [0.29, 0.717) is 17.8 Å². The molecule has 2 aromatic heterocycles. The zero-order valence-electron chi connectivity index (χ0n) is 15.2. The number of ether oxygens (including phenoxy) is 1. The molecule has 1 saturated carbocycles. The molecule has 0 spiro atoms. The van der Waals surface area contributed by atoms with Gasteiger partial charge in [0.05, 0.1) is 5.39 Å². The maximum absolute atomic E-state index is 12.2. The lowest BCUT2D eigenvalue weighted by molar-refractivity contribution is 0.0266.